The van der Waals surface area contributed by atoms with Gasteiger partial charge in [-0.2, -0.15) is 0 Å². The Balaban J connectivity index is 1.18. The quantitative estimate of drug-likeness (QED) is 0.181. The summed E-state index contributed by atoms with van der Waals surface area (Å²) >= 11 is 3.76. The molecular weight excluding hydrogens is 645 g/mol. The van der Waals surface area contributed by atoms with Gasteiger partial charge in [0.05, 0.1) is 21.4 Å². The number of fused-ring (bicyclic) bond motifs is 10. The molecule has 0 radical (unpaired) electrons. The average molecular weight is 673 g/mol. The Labute approximate surface area is 296 Å². The average Bonchev–Trinajstić information content (AvgIpc) is 3.83. The van der Waals surface area contributed by atoms with Crippen LogP contribution < -0.4 is 4.90 Å². The van der Waals surface area contributed by atoms with E-state index in [9.17, 15) is 0 Å². The minimum absolute atomic E-state index is 1.14. The molecule has 0 spiro atoms. The van der Waals surface area contributed by atoms with E-state index in [1.807, 2.05) is 22.7 Å². The van der Waals surface area contributed by atoms with Crippen LogP contribution in [0.5, 0.6) is 0 Å². The topological polar surface area (TPSA) is 8.17 Å². The van der Waals surface area contributed by atoms with Crippen molar-refractivity contribution in [2.24, 2.45) is 0 Å². The SMILES string of the molecule is c1ccc(-n2c3ccccc3c3cc(N(c4ccc5c(c4)sc4cc6ccccc6cc45)c4cccc5c4sc4ccccc45)ccc32)cc1. The first-order chi connectivity index (χ1) is 24.8. The molecule has 0 fully saturated rings. The maximum absolute atomic E-state index is 2.48. The minimum atomic E-state index is 1.14. The number of para-hydroxylation sites is 2. The number of thiophene rings is 2. The molecule has 0 aliphatic heterocycles. The highest BCUT2D eigenvalue weighted by molar-refractivity contribution is 7.26. The van der Waals surface area contributed by atoms with Gasteiger partial charge in [0.2, 0.25) is 0 Å². The monoisotopic (exact) mass is 672 g/mol. The van der Waals surface area contributed by atoms with Gasteiger partial charge < -0.3 is 9.47 Å². The molecule has 0 amide bonds. The molecule has 3 heterocycles. The van der Waals surface area contributed by atoms with E-state index in [2.05, 4.69) is 179 Å². The number of rotatable bonds is 4. The molecule has 0 aliphatic rings. The van der Waals surface area contributed by atoms with Crippen molar-refractivity contribution in [1.29, 1.82) is 0 Å². The third kappa shape index (κ3) is 4.13. The van der Waals surface area contributed by atoms with Gasteiger partial charge >= 0.3 is 0 Å². The van der Waals surface area contributed by atoms with E-state index >= 15 is 0 Å². The van der Waals surface area contributed by atoms with E-state index in [1.165, 1.54) is 84.3 Å². The Kier molecular flexibility index (Phi) is 6.03. The highest BCUT2D eigenvalue weighted by atomic mass is 32.1. The lowest BCUT2D eigenvalue weighted by Gasteiger charge is -2.26. The van der Waals surface area contributed by atoms with Crippen LogP contribution in [0.15, 0.2) is 170 Å². The summed E-state index contributed by atoms with van der Waals surface area (Å²) in [4.78, 5) is 2.48. The lowest BCUT2D eigenvalue weighted by Crippen LogP contribution is -2.10. The molecule has 0 bridgehead atoms. The molecule has 0 saturated heterocycles. The first-order valence-electron chi connectivity index (χ1n) is 16.9. The lowest BCUT2D eigenvalue weighted by atomic mass is 10.1. The zero-order valence-corrected chi connectivity index (χ0v) is 28.5. The molecule has 11 aromatic rings. The molecule has 50 heavy (non-hydrogen) atoms. The second-order valence-electron chi connectivity index (χ2n) is 13.0. The predicted octanol–water partition coefficient (Wildman–Crippen LogP) is 14.1. The van der Waals surface area contributed by atoms with Crippen LogP contribution in [-0.2, 0) is 0 Å². The van der Waals surface area contributed by atoms with Crippen LogP contribution in [0.1, 0.15) is 0 Å². The van der Waals surface area contributed by atoms with Crippen molar-refractivity contribution >= 4 is 113 Å². The van der Waals surface area contributed by atoms with Gasteiger partial charge in [0.25, 0.3) is 0 Å². The zero-order chi connectivity index (χ0) is 32.8. The van der Waals surface area contributed by atoms with Gasteiger partial charge in [-0.15, -0.1) is 22.7 Å². The van der Waals surface area contributed by atoms with Crippen molar-refractivity contribution in [3.8, 4) is 5.69 Å². The number of anilines is 3. The molecule has 0 atom stereocenters. The van der Waals surface area contributed by atoms with Crippen LogP contribution in [0.4, 0.5) is 17.1 Å². The number of hydrogen-bond acceptors (Lipinski definition) is 3. The standard InChI is InChI=1S/C46H28N2S2/c1-2-13-31(14-3-1)48-40-18-8-6-15-34(40)38-27-32(22-24-41(38)48)47(42-19-10-17-37-35-16-7-9-20-43(35)50-46(37)42)33-21-23-36-39-25-29-11-4-5-12-30(29)26-44(39)49-45(36)28-33/h1-28H. The van der Waals surface area contributed by atoms with E-state index < -0.39 is 0 Å². The van der Waals surface area contributed by atoms with Crippen molar-refractivity contribution in [1.82, 2.24) is 4.57 Å². The molecule has 4 heteroatoms. The molecule has 0 saturated carbocycles. The predicted molar refractivity (Wildman–Crippen MR) is 219 cm³/mol. The second-order valence-corrected chi connectivity index (χ2v) is 15.1. The largest absolute Gasteiger partial charge is 0.309 e. The normalized spacial score (nSPS) is 12.0. The van der Waals surface area contributed by atoms with Crippen molar-refractivity contribution in [2.75, 3.05) is 4.90 Å². The van der Waals surface area contributed by atoms with Crippen LogP contribution in [0.3, 0.4) is 0 Å². The first-order valence-corrected chi connectivity index (χ1v) is 18.6. The summed E-state index contributed by atoms with van der Waals surface area (Å²) in [7, 11) is 0. The van der Waals surface area contributed by atoms with Gasteiger partial charge in [0.15, 0.2) is 0 Å². The fourth-order valence-corrected chi connectivity index (χ4v) is 10.3. The number of nitrogens with zero attached hydrogens (tertiary/aromatic N) is 2. The second kappa shape index (κ2) is 10.8. The molecule has 0 unspecified atom stereocenters. The molecule has 3 aromatic heterocycles. The van der Waals surface area contributed by atoms with Crippen LogP contribution in [0.2, 0.25) is 0 Å². The third-order valence-corrected chi connectivity index (χ3v) is 12.5. The Morgan fingerprint density at radius 1 is 0.380 bits per heavy atom. The van der Waals surface area contributed by atoms with E-state index in [1.54, 1.807) is 0 Å². The third-order valence-electron chi connectivity index (χ3n) is 10.1. The Hall–Kier alpha value is -5.94. The summed E-state index contributed by atoms with van der Waals surface area (Å²) in [6, 6.07) is 62.4. The molecule has 0 aliphatic carbocycles. The van der Waals surface area contributed by atoms with Gasteiger partial charge in [-0.05, 0) is 83.6 Å². The van der Waals surface area contributed by atoms with Crippen molar-refractivity contribution in [3.63, 3.8) is 0 Å². The Morgan fingerprint density at radius 2 is 1.04 bits per heavy atom. The molecule has 8 aromatic carbocycles. The van der Waals surface area contributed by atoms with E-state index in [0.29, 0.717) is 0 Å². The minimum Gasteiger partial charge on any atom is -0.309 e. The van der Waals surface area contributed by atoms with Crippen LogP contribution >= 0.6 is 22.7 Å². The van der Waals surface area contributed by atoms with Crippen LogP contribution in [0.25, 0.3) is 78.6 Å². The number of hydrogen-bond donors (Lipinski definition) is 0. The van der Waals surface area contributed by atoms with Gasteiger partial charge in [-0.3, -0.25) is 0 Å². The highest BCUT2D eigenvalue weighted by Crippen LogP contribution is 2.47. The van der Waals surface area contributed by atoms with Crippen LogP contribution in [-0.4, -0.2) is 4.57 Å². The Bertz CT molecular complexity index is 3110. The fourth-order valence-electron chi connectivity index (χ4n) is 7.88. The van der Waals surface area contributed by atoms with Gasteiger partial charge in [-0.1, -0.05) is 97.1 Å². The summed E-state index contributed by atoms with van der Waals surface area (Å²) in [6.45, 7) is 0. The first kappa shape index (κ1) is 28.0. The van der Waals surface area contributed by atoms with Crippen molar-refractivity contribution < 1.29 is 0 Å². The van der Waals surface area contributed by atoms with Crippen molar-refractivity contribution in [2.45, 2.75) is 0 Å². The van der Waals surface area contributed by atoms with E-state index in [0.717, 1.165) is 11.4 Å². The maximum Gasteiger partial charge on any atom is 0.0640 e. The van der Waals surface area contributed by atoms with Gasteiger partial charge in [0, 0.05) is 63.5 Å². The number of aromatic nitrogens is 1. The van der Waals surface area contributed by atoms with Crippen molar-refractivity contribution in [3.05, 3.63) is 170 Å². The molecule has 0 N–H and O–H groups in total. The smallest absolute Gasteiger partial charge is 0.0640 e. The Morgan fingerprint density at radius 3 is 1.94 bits per heavy atom. The molecular formula is C46H28N2S2. The molecule has 234 valence electrons. The number of benzene rings is 8. The summed E-state index contributed by atoms with van der Waals surface area (Å²) in [5.41, 5.74) is 7.08. The summed E-state index contributed by atoms with van der Waals surface area (Å²) in [5, 5.41) is 10.3. The lowest BCUT2D eigenvalue weighted by molar-refractivity contribution is 1.18. The zero-order valence-electron chi connectivity index (χ0n) is 26.9. The van der Waals surface area contributed by atoms with E-state index in [-0.39, 0.29) is 0 Å². The van der Waals surface area contributed by atoms with Gasteiger partial charge in [-0.25, -0.2) is 0 Å². The maximum atomic E-state index is 2.48. The summed E-state index contributed by atoms with van der Waals surface area (Å²) in [6.07, 6.45) is 0. The summed E-state index contributed by atoms with van der Waals surface area (Å²) in [5.74, 6) is 0. The highest BCUT2D eigenvalue weighted by Gasteiger charge is 2.21. The van der Waals surface area contributed by atoms with E-state index in [4.69, 9.17) is 0 Å². The van der Waals surface area contributed by atoms with Gasteiger partial charge in [0.1, 0.15) is 0 Å². The summed E-state index contributed by atoms with van der Waals surface area (Å²) < 4.78 is 7.61. The molecule has 2 nitrogen and oxygen atoms in total. The van der Waals surface area contributed by atoms with Crippen LogP contribution in [0, 0.1) is 0 Å². The molecule has 11 rings (SSSR count). The fraction of sp³-hybridized carbons (Fsp3) is 0.